The number of para-hydroxylation sites is 2. The number of nitrogens with one attached hydrogen (secondary N) is 2. The van der Waals surface area contributed by atoms with Crippen LogP contribution >= 0.6 is 0 Å². The summed E-state index contributed by atoms with van der Waals surface area (Å²) in [5.74, 6) is 0.775. The van der Waals surface area contributed by atoms with Gasteiger partial charge in [-0.05, 0) is 30.5 Å². The van der Waals surface area contributed by atoms with Crippen molar-refractivity contribution < 1.29 is 9.53 Å². The lowest BCUT2D eigenvalue weighted by Gasteiger charge is -2.13. The first kappa shape index (κ1) is 17.9. The van der Waals surface area contributed by atoms with E-state index in [1.54, 1.807) is 0 Å². The Bertz CT molecular complexity index is 614. The Balaban J connectivity index is 1.73. The number of ether oxygens (including phenoxy) is 1. The third kappa shape index (κ3) is 6.32. The lowest BCUT2D eigenvalue weighted by molar-refractivity contribution is -0.119. The average molecular weight is 326 g/mol. The van der Waals surface area contributed by atoms with E-state index in [0.29, 0.717) is 13.2 Å². The Morgan fingerprint density at radius 3 is 2.58 bits per heavy atom. The van der Waals surface area contributed by atoms with E-state index >= 15 is 0 Å². The summed E-state index contributed by atoms with van der Waals surface area (Å²) in [6.45, 7) is 3.70. The number of carbonyl (C=O) groups is 1. The molecular formula is C20H26N2O2. The zero-order chi connectivity index (χ0) is 17.0. The van der Waals surface area contributed by atoms with Gasteiger partial charge >= 0.3 is 0 Å². The molecule has 0 saturated carbocycles. The summed E-state index contributed by atoms with van der Waals surface area (Å²) < 4.78 is 5.75. The minimum absolute atomic E-state index is 0.0192. The van der Waals surface area contributed by atoms with Gasteiger partial charge in [-0.15, -0.1) is 0 Å². The number of amides is 1. The molecule has 1 amide bonds. The molecule has 0 unspecified atom stereocenters. The van der Waals surface area contributed by atoms with Gasteiger partial charge in [-0.1, -0.05) is 55.8 Å². The van der Waals surface area contributed by atoms with Gasteiger partial charge in [-0.25, -0.2) is 0 Å². The molecule has 0 bridgehead atoms. The summed E-state index contributed by atoms with van der Waals surface area (Å²) in [7, 11) is 0. The molecule has 0 aliphatic heterocycles. The quantitative estimate of drug-likeness (QED) is 0.656. The SMILES string of the molecule is CCCCOc1ccccc1NCC(=O)NCCc1ccccc1. The molecule has 0 fully saturated rings. The molecule has 24 heavy (non-hydrogen) atoms. The number of hydrogen-bond acceptors (Lipinski definition) is 3. The van der Waals surface area contributed by atoms with Gasteiger partial charge in [0.05, 0.1) is 18.8 Å². The van der Waals surface area contributed by atoms with Crippen molar-refractivity contribution in [1.82, 2.24) is 5.32 Å². The Hall–Kier alpha value is -2.49. The highest BCUT2D eigenvalue weighted by atomic mass is 16.5. The average Bonchev–Trinajstić information content (AvgIpc) is 2.62. The van der Waals surface area contributed by atoms with Crippen LogP contribution in [0.25, 0.3) is 0 Å². The lowest BCUT2D eigenvalue weighted by Crippen LogP contribution is -2.31. The maximum absolute atomic E-state index is 12.0. The highest BCUT2D eigenvalue weighted by molar-refractivity contribution is 5.81. The van der Waals surface area contributed by atoms with E-state index in [2.05, 4.69) is 29.7 Å². The van der Waals surface area contributed by atoms with Crippen LogP contribution in [0.1, 0.15) is 25.3 Å². The van der Waals surface area contributed by atoms with Gasteiger partial charge in [-0.2, -0.15) is 0 Å². The standard InChI is InChI=1S/C20H26N2O2/c1-2-3-15-24-19-12-8-7-11-18(19)22-16-20(23)21-14-13-17-9-5-4-6-10-17/h4-12,22H,2-3,13-16H2,1H3,(H,21,23). The second kappa shape index (κ2) is 10.3. The summed E-state index contributed by atoms with van der Waals surface area (Å²) in [4.78, 5) is 12.0. The topological polar surface area (TPSA) is 50.4 Å². The maximum Gasteiger partial charge on any atom is 0.239 e. The predicted octanol–water partition coefficient (Wildman–Crippen LogP) is 3.64. The second-order valence-electron chi connectivity index (χ2n) is 5.64. The van der Waals surface area contributed by atoms with Crippen LogP contribution in [0.4, 0.5) is 5.69 Å². The minimum atomic E-state index is -0.0192. The van der Waals surface area contributed by atoms with Crippen molar-refractivity contribution in [3.8, 4) is 5.75 Å². The molecule has 2 N–H and O–H groups in total. The monoisotopic (exact) mass is 326 g/mol. The summed E-state index contributed by atoms with van der Waals surface area (Å²) >= 11 is 0. The zero-order valence-electron chi connectivity index (χ0n) is 14.3. The number of carbonyl (C=O) groups excluding carboxylic acids is 1. The fourth-order valence-electron chi connectivity index (χ4n) is 2.29. The molecule has 0 aliphatic rings. The van der Waals surface area contributed by atoms with Crippen LogP contribution in [-0.4, -0.2) is 25.6 Å². The number of unbranched alkanes of at least 4 members (excludes halogenated alkanes) is 1. The molecule has 0 aromatic heterocycles. The number of hydrogen-bond donors (Lipinski definition) is 2. The van der Waals surface area contributed by atoms with E-state index in [9.17, 15) is 4.79 Å². The Kier molecular flexibility index (Phi) is 7.68. The molecule has 2 aromatic carbocycles. The third-order valence-electron chi connectivity index (χ3n) is 3.66. The normalized spacial score (nSPS) is 10.2. The van der Waals surface area contributed by atoms with Gasteiger partial charge in [0.15, 0.2) is 0 Å². The summed E-state index contributed by atoms with van der Waals surface area (Å²) in [6, 6.07) is 17.9. The third-order valence-corrected chi connectivity index (χ3v) is 3.66. The lowest BCUT2D eigenvalue weighted by atomic mass is 10.1. The molecule has 4 heteroatoms. The van der Waals surface area contributed by atoms with Crippen LogP contribution < -0.4 is 15.4 Å². The molecule has 0 heterocycles. The smallest absolute Gasteiger partial charge is 0.239 e. The largest absolute Gasteiger partial charge is 0.491 e. The zero-order valence-corrected chi connectivity index (χ0v) is 14.3. The van der Waals surface area contributed by atoms with Crippen molar-refractivity contribution in [2.24, 2.45) is 0 Å². The fourth-order valence-corrected chi connectivity index (χ4v) is 2.29. The van der Waals surface area contributed by atoms with Crippen LogP contribution in [0, 0.1) is 0 Å². The van der Waals surface area contributed by atoms with Crippen molar-refractivity contribution in [2.45, 2.75) is 26.2 Å². The highest BCUT2D eigenvalue weighted by Gasteiger charge is 2.05. The molecule has 0 aliphatic carbocycles. The Labute approximate surface area is 144 Å². The first-order valence-corrected chi connectivity index (χ1v) is 8.56. The minimum Gasteiger partial charge on any atom is -0.491 e. The van der Waals surface area contributed by atoms with E-state index in [1.807, 2.05) is 42.5 Å². The first-order valence-electron chi connectivity index (χ1n) is 8.56. The fraction of sp³-hybridized carbons (Fsp3) is 0.350. The molecule has 2 rings (SSSR count). The molecule has 2 aromatic rings. The molecule has 4 nitrogen and oxygen atoms in total. The summed E-state index contributed by atoms with van der Waals surface area (Å²) in [6.07, 6.45) is 2.96. The van der Waals surface area contributed by atoms with Crippen molar-refractivity contribution >= 4 is 11.6 Å². The van der Waals surface area contributed by atoms with Crippen LogP contribution in [0.15, 0.2) is 54.6 Å². The number of rotatable bonds is 10. The number of anilines is 1. The second-order valence-corrected chi connectivity index (χ2v) is 5.64. The van der Waals surface area contributed by atoms with Crippen LogP contribution in [0.3, 0.4) is 0 Å². The molecule has 0 atom stereocenters. The van der Waals surface area contributed by atoms with E-state index < -0.39 is 0 Å². The van der Waals surface area contributed by atoms with Crippen molar-refractivity contribution in [1.29, 1.82) is 0 Å². The molecule has 0 radical (unpaired) electrons. The maximum atomic E-state index is 12.0. The van der Waals surface area contributed by atoms with Gasteiger partial charge in [0.25, 0.3) is 0 Å². The molecule has 0 spiro atoms. The van der Waals surface area contributed by atoms with Crippen LogP contribution in [0.5, 0.6) is 5.75 Å². The van der Waals surface area contributed by atoms with Gasteiger partial charge < -0.3 is 15.4 Å². The van der Waals surface area contributed by atoms with E-state index in [4.69, 9.17) is 4.74 Å². The van der Waals surface area contributed by atoms with Crippen LogP contribution in [0.2, 0.25) is 0 Å². The van der Waals surface area contributed by atoms with Crippen molar-refractivity contribution in [3.05, 3.63) is 60.2 Å². The van der Waals surface area contributed by atoms with Crippen molar-refractivity contribution in [3.63, 3.8) is 0 Å². The molecule has 128 valence electrons. The Morgan fingerprint density at radius 2 is 1.79 bits per heavy atom. The molecular weight excluding hydrogens is 300 g/mol. The molecule has 0 saturated heterocycles. The van der Waals surface area contributed by atoms with Gasteiger partial charge in [-0.3, -0.25) is 4.79 Å². The summed E-state index contributed by atoms with van der Waals surface area (Å²) in [5.41, 5.74) is 2.08. The van der Waals surface area contributed by atoms with Gasteiger partial charge in [0.1, 0.15) is 5.75 Å². The van der Waals surface area contributed by atoms with Gasteiger partial charge in [0, 0.05) is 6.54 Å². The van der Waals surface area contributed by atoms with E-state index in [1.165, 1.54) is 5.56 Å². The van der Waals surface area contributed by atoms with E-state index in [0.717, 1.165) is 30.7 Å². The Morgan fingerprint density at radius 1 is 1.04 bits per heavy atom. The number of benzene rings is 2. The van der Waals surface area contributed by atoms with Crippen LogP contribution in [-0.2, 0) is 11.2 Å². The van der Waals surface area contributed by atoms with E-state index in [-0.39, 0.29) is 12.5 Å². The predicted molar refractivity (Wildman–Crippen MR) is 98.5 cm³/mol. The van der Waals surface area contributed by atoms with Gasteiger partial charge in [0.2, 0.25) is 5.91 Å². The highest BCUT2D eigenvalue weighted by Crippen LogP contribution is 2.23. The van der Waals surface area contributed by atoms with Crippen molar-refractivity contribution in [2.75, 3.05) is 25.0 Å². The summed E-state index contributed by atoms with van der Waals surface area (Å²) in [5, 5.41) is 6.08. The first-order chi connectivity index (χ1) is 11.8.